The number of rotatable bonds is 4. The fraction of sp³-hybridized carbons (Fsp3) is 0.533. The molecule has 0 spiro atoms. The van der Waals surface area contributed by atoms with Gasteiger partial charge in [0.15, 0.2) is 11.4 Å². The number of nitrogens with zero attached hydrogens (tertiary/aromatic N) is 1. The number of phenols is 1. The van der Waals surface area contributed by atoms with Gasteiger partial charge in [0.2, 0.25) is 0 Å². The zero-order valence-electron chi connectivity index (χ0n) is 21.5. The number of aromatic hydroxyl groups is 1. The number of carbonyl (C=O) groups excluding carboxylic acids is 2. The number of hydrogen-bond acceptors (Lipinski definition) is 5. The van der Waals surface area contributed by atoms with Crippen LogP contribution >= 0.6 is 0 Å². The summed E-state index contributed by atoms with van der Waals surface area (Å²) in [5.41, 5.74) is 3.49. The fourth-order valence-corrected chi connectivity index (χ4v) is 8.09. The van der Waals surface area contributed by atoms with E-state index in [2.05, 4.69) is 42.2 Å². The van der Waals surface area contributed by atoms with Crippen LogP contribution in [0, 0.1) is 17.3 Å². The van der Waals surface area contributed by atoms with E-state index >= 15 is 0 Å². The molecule has 0 amide bonds. The monoisotopic (exact) mass is 475 g/mol. The van der Waals surface area contributed by atoms with Gasteiger partial charge in [-0.1, -0.05) is 25.1 Å². The van der Waals surface area contributed by atoms with Crippen LogP contribution in [0.4, 0.5) is 5.69 Å². The molecule has 5 rings (SSSR count). The van der Waals surface area contributed by atoms with Gasteiger partial charge in [-0.25, -0.2) is 0 Å². The summed E-state index contributed by atoms with van der Waals surface area (Å²) in [6.45, 7) is 5.23. The van der Waals surface area contributed by atoms with Crippen molar-refractivity contribution in [2.45, 2.75) is 70.3 Å². The summed E-state index contributed by atoms with van der Waals surface area (Å²) in [4.78, 5) is 27.6. The van der Waals surface area contributed by atoms with Crippen molar-refractivity contribution in [2.75, 3.05) is 19.0 Å². The van der Waals surface area contributed by atoms with Gasteiger partial charge in [-0.2, -0.15) is 0 Å². The van der Waals surface area contributed by atoms with Crippen LogP contribution < -0.4 is 4.90 Å². The highest BCUT2D eigenvalue weighted by Gasteiger charge is 2.68. The lowest BCUT2D eigenvalue weighted by molar-refractivity contribution is -0.184. The van der Waals surface area contributed by atoms with Crippen LogP contribution in [-0.4, -0.2) is 36.6 Å². The highest BCUT2D eigenvalue weighted by molar-refractivity contribution is 5.89. The van der Waals surface area contributed by atoms with E-state index in [9.17, 15) is 14.7 Å². The quantitative estimate of drug-likeness (QED) is 0.583. The number of benzene rings is 2. The minimum atomic E-state index is -1.06. The molecule has 2 aromatic rings. The standard InChI is InChI=1S/C30H37NO4/c1-18(32)30(35-19(2)33)15-14-27-25-12-8-21-16-23(34)11-13-24(21)28(25)26(17-29(27,30)3)20-6-9-22(10-7-20)31(4)5/h6-7,9-11,13,16,25-28,34H,8,12,14-15,17H2,1-5H3/t25-,26?,27-,28+,29-,30-/m0/s1. The smallest absolute Gasteiger partial charge is 0.303 e. The number of anilines is 1. The zero-order chi connectivity index (χ0) is 25.1. The third-order valence-electron chi connectivity index (χ3n) is 9.56. The third-order valence-corrected chi connectivity index (χ3v) is 9.56. The van der Waals surface area contributed by atoms with Crippen LogP contribution in [0.25, 0.3) is 0 Å². The van der Waals surface area contributed by atoms with Gasteiger partial charge in [-0.05, 0) is 104 Å². The number of fused-ring (bicyclic) bond motifs is 5. The number of aryl methyl sites for hydroxylation is 1. The highest BCUT2D eigenvalue weighted by atomic mass is 16.6. The topological polar surface area (TPSA) is 66.8 Å². The second kappa shape index (κ2) is 8.39. The van der Waals surface area contributed by atoms with Crippen molar-refractivity contribution in [3.63, 3.8) is 0 Å². The number of ether oxygens (including phenoxy) is 1. The van der Waals surface area contributed by atoms with Crippen LogP contribution in [0.1, 0.15) is 75.0 Å². The predicted molar refractivity (Wildman–Crippen MR) is 137 cm³/mol. The molecule has 6 atom stereocenters. The summed E-state index contributed by atoms with van der Waals surface area (Å²) < 4.78 is 6.00. The lowest BCUT2D eigenvalue weighted by Gasteiger charge is -2.56. The molecule has 5 nitrogen and oxygen atoms in total. The van der Waals surface area contributed by atoms with Crippen LogP contribution in [0.2, 0.25) is 0 Å². The van der Waals surface area contributed by atoms with Crippen molar-refractivity contribution in [2.24, 2.45) is 17.3 Å². The van der Waals surface area contributed by atoms with E-state index in [4.69, 9.17) is 4.74 Å². The average Bonchev–Trinajstić information content (AvgIpc) is 3.10. The third kappa shape index (κ3) is 3.57. The minimum absolute atomic E-state index is 0.0287. The maximum absolute atomic E-state index is 13.2. The lowest BCUT2D eigenvalue weighted by atomic mass is 9.48. The molecule has 1 N–H and O–H groups in total. The van der Waals surface area contributed by atoms with Gasteiger partial charge in [0.05, 0.1) is 0 Å². The van der Waals surface area contributed by atoms with E-state index in [-0.39, 0.29) is 17.7 Å². The fourth-order valence-electron chi connectivity index (χ4n) is 8.09. The van der Waals surface area contributed by atoms with Crippen LogP contribution in [0.3, 0.4) is 0 Å². The number of hydrogen-bond donors (Lipinski definition) is 1. The maximum atomic E-state index is 13.2. The number of ketones is 1. The van der Waals surface area contributed by atoms with Gasteiger partial charge in [-0.15, -0.1) is 0 Å². The number of carbonyl (C=O) groups is 2. The molecule has 0 saturated heterocycles. The van der Waals surface area contributed by atoms with Gasteiger partial charge in [0, 0.05) is 32.1 Å². The van der Waals surface area contributed by atoms with Crippen molar-refractivity contribution in [1.82, 2.24) is 0 Å². The van der Waals surface area contributed by atoms with E-state index in [0.29, 0.717) is 29.9 Å². The summed E-state index contributed by atoms with van der Waals surface area (Å²) in [5.74, 6) is 1.10. The Labute approximate surface area is 208 Å². The number of esters is 1. The summed E-state index contributed by atoms with van der Waals surface area (Å²) in [6, 6.07) is 14.6. The molecule has 0 aliphatic heterocycles. The van der Waals surface area contributed by atoms with Crippen molar-refractivity contribution >= 4 is 17.4 Å². The minimum Gasteiger partial charge on any atom is -0.508 e. The molecule has 35 heavy (non-hydrogen) atoms. The van der Waals surface area contributed by atoms with Crippen molar-refractivity contribution in [1.29, 1.82) is 0 Å². The van der Waals surface area contributed by atoms with Gasteiger partial charge in [0.25, 0.3) is 0 Å². The highest BCUT2D eigenvalue weighted by Crippen LogP contribution is 2.68. The summed E-state index contributed by atoms with van der Waals surface area (Å²) >= 11 is 0. The Bertz CT molecular complexity index is 1160. The Hall–Kier alpha value is -2.82. The molecule has 2 fully saturated rings. The SMILES string of the molecule is CC(=O)O[C@]1(C(C)=O)CC[C@H]2[C@@H]3CCc4cc(O)ccc4[C@H]3C(c3ccc(N(C)C)cc3)C[C@@]21C. The molecule has 186 valence electrons. The second-order valence-corrected chi connectivity index (χ2v) is 11.4. The molecular formula is C30H37NO4. The number of phenolic OH excluding ortho intramolecular Hbond substituents is 1. The Kier molecular flexibility index (Phi) is 5.73. The van der Waals surface area contributed by atoms with E-state index in [1.54, 1.807) is 6.92 Å². The van der Waals surface area contributed by atoms with Gasteiger partial charge in [-0.3, -0.25) is 9.59 Å². The molecule has 0 aromatic heterocycles. The molecule has 3 aliphatic rings. The predicted octanol–water partition coefficient (Wildman–Crippen LogP) is 5.60. The Morgan fingerprint density at radius 3 is 2.40 bits per heavy atom. The van der Waals surface area contributed by atoms with E-state index in [0.717, 1.165) is 31.4 Å². The Morgan fingerprint density at radius 2 is 1.77 bits per heavy atom. The first-order chi connectivity index (χ1) is 16.6. The maximum Gasteiger partial charge on any atom is 0.303 e. The Morgan fingerprint density at radius 1 is 1.06 bits per heavy atom. The molecule has 2 saturated carbocycles. The van der Waals surface area contributed by atoms with Crippen molar-refractivity contribution in [3.8, 4) is 5.75 Å². The lowest BCUT2D eigenvalue weighted by Crippen LogP contribution is -2.57. The van der Waals surface area contributed by atoms with E-state index in [1.807, 2.05) is 26.2 Å². The average molecular weight is 476 g/mol. The van der Waals surface area contributed by atoms with Crippen molar-refractivity contribution < 1.29 is 19.4 Å². The molecule has 0 radical (unpaired) electrons. The largest absolute Gasteiger partial charge is 0.508 e. The van der Waals surface area contributed by atoms with Crippen LogP contribution in [-0.2, 0) is 20.7 Å². The number of Topliss-reactive ketones (excluding diaryl/α,β-unsaturated/α-hetero) is 1. The first kappa shape index (κ1) is 23.9. The van der Waals surface area contributed by atoms with Crippen LogP contribution in [0.15, 0.2) is 42.5 Å². The normalized spacial score (nSPS) is 33.3. The van der Waals surface area contributed by atoms with E-state index in [1.165, 1.54) is 23.6 Å². The molecule has 2 aromatic carbocycles. The van der Waals surface area contributed by atoms with Gasteiger partial charge in [0.1, 0.15) is 5.75 Å². The van der Waals surface area contributed by atoms with Gasteiger partial charge < -0.3 is 14.7 Å². The second-order valence-electron chi connectivity index (χ2n) is 11.4. The zero-order valence-corrected chi connectivity index (χ0v) is 21.5. The molecule has 0 heterocycles. The summed E-state index contributed by atoms with van der Waals surface area (Å²) in [7, 11) is 4.08. The van der Waals surface area contributed by atoms with Crippen molar-refractivity contribution in [3.05, 3.63) is 59.2 Å². The molecular weight excluding hydrogens is 438 g/mol. The molecule has 5 heteroatoms. The molecule has 3 aliphatic carbocycles. The molecule has 1 unspecified atom stereocenters. The first-order valence-corrected chi connectivity index (χ1v) is 12.9. The first-order valence-electron chi connectivity index (χ1n) is 12.9. The summed E-state index contributed by atoms with van der Waals surface area (Å²) in [6.07, 6.45) is 4.21. The summed E-state index contributed by atoms with van der Waals surface area (Å²) in [5, 5.41) is 10.2. The van der Waals surface area contributed by atoms with Crippen LogP contribution in [0.5, 0.6) is 5.75 Å². The van der Waals surface area contributed by atoms with E-state index < -0.39 is 11.0 Å². The Balaban J connectivity index is 1.66. The molecule has 0 bridgehead atoms. The van der Waals surface area contributed by atoms with Gasteiger partial charge >= 0.3 is 5.97 Å².